The van der Waals surface area contributed by atoms with Gasteiger partial charge in [0, 0.05) is 27.6 Å². The van der Waals surface area contributed by atoms with Crippen LogP contribution in [0.4, 0.5) is 5.69 Å². The minimum absolute atomic E-state index is 0.243. The minimum atomic E-state index is 0.243. The number of anilines is 1. The number of halogens is 1. The van der Waals surface area contributed by atoms with Crippen LogP contribution in [0.3, 0.4) is 0 Å². The maximum atomic E-state index is 5.99. The summed E-state index contributed by atoms with van der Waals surface area (Å²) in [5.41, 5.74) is 7.51. The maximum absolute atomic E-state index is 5.99. The molecule has 0 aliphatic heterocycles. The summed E-state index contributed by atoms with van der Waals surface area (Å²) in [6, 6.07) is 5.60. The van der Waals surface area contributed by atoms with Crippen molar-refractivity contribution in [1.29, 1.82) is 0 Å². The quantitative estimate of drug-likeness (QED) is 0.735. The van der Waals surface area contributed by atoms with Gasteiger partial charge in [0.15, 0.2) is 0 Å². The summed E-state index contributed by atoms with van der Waals surface area (Å²) in [4.78, 5) is 0.368. The first kappa shape index (κ1) is 16.6. The molecule has 0 bridgehead atoms. The van der Waals surface area contributed by atoms with Gasteiger partial charge in [-0.25, -0.2) is 0 Å². The number of thioether (sulfide) groups is 1. The molecule has 0 aromatic heterocycles. The van der Waals surface area contributed by atoms with Crippen LogP contribution in [0.1, 0.15) is 32.3 Å². The lowest BCUT2D eigenvalue weighted by molar-refractivity contribution is 0.575. The molecule has 0 aliphatic carbocycles. The number of benzene rings is 1. The summed E-state index contributed by atoms with van der Waals surface area (Å²) in [5, 5.41) is 4.12. The second-order valence-corrected chi connectivity index (χ2v) is 6.65. The number of rotatable bonds is 7. The molecule has 1 aromatic rings. The van der Waals surface area contributed by atoms with E-state index in [1.54, 1.807) is 0 Å². The van der Waals surface area contributed by atoms with Gasteiger partial charge in [-0.2, -0.15) is 11.8 Å². The molecule has 0 saturated heterocycles. The molecule has 1 aromatic carbocycles. The van der Waals surface area contributed by atoms with Gasteiger partial charge < -0.3 is 11.1 Å². The first-order valence-electron chi connectivity index (χ1n) is 6.36. The highest BCUT2D eigenvalue weighted by molar-refractivity contribution is 8.00. The summed E-state index contributed by atoms with van der Waals surface area (Å²) in [5.74, 6) is 0. The van der Waals surface area contributed by atoms with Gasteiger partial charge >= 0.3 is 0 Å². The second-order valence-electron chi connectivity index (χ2n) is 4.50. The molecule has 5 heteroatoms. The van der Waals surface area contributed by atoms with Gasteiger partial charge in [0.2, 0.25) is 0 Å². The lowest BCUT2D eigenvalue weighted by Crippen LogP contribution is -2.32. The number of nitrogens with one attached hydrogen (secondary N) is 1. The molecule has 0 amide bonds. The van der Waals surface area contributed by atoms with Gasteiger partial charge in [-0.3, -0.25) is 0 Å². The van der Waals surface area contributed by atoms with Gasteiger partial charge in [0.1, 0.15) is 4.99 Å². The van der Waals surface area contributed by atoms with Gasteiger partial charge in [0.05, 0.1) is 0 Å². The molecule has 0 radical (unpaired) electrons. The van der Waals surface area contributed by atoms with Crippen LogP contribution in [-0.4, -0.2) is 22.5 Å². The van der Waals surface area contributed by atoms with Crippen molar-refractivity contribution in [3.05, 3.63) is 28.8 Å². The molecular formula is C14H21ClN2S2. The smallest absolute Gasteiger partial charge is 0.106 e. The van der Waals surface area contributed by atoms with Crippen LogP contribution in [0.15, 0.2) is 18.2 Å². The number of hydrogen-bond acceptors (Lipinski definition) is 3. The van der Waals surface area contributed by atoms with E-state index in [0.717, 1.165) is 30.6 Å². The van der Waals surface area contributed by atoms with Crippen molar-refractivity contribution in [1.82, 2.24) is 0 Å². The summed E-state index contributed by atoms with van der Waals surface area (Å²) in [6.45, 7) is 5.33. The molecule has 0 saturated carbocycles. The fraction of sp³-hybridized carbons (Fsp3) is 0.500. The fourth-order valence-corrected chi connectivity index (χ4v) is 3.13. The third-order valence-corrected chi connectivity index (χ3v) is 5.61. The van der Waals surface area contributed by atoms with Gasteiger partial charge in [-0.15, -0.1) is 0 Å². The van der Waals surface area contributed by atoms with Gasteiger partial charge in [-0.1, -0.05) is 37.7 Å². The normalized spacial score (nSPS) is 11.4. The van der Waals surface area contributed by atoms with Crippen LogP contribution in [0.2, 0.25) is 5.02 Å². The van der Waals surface area contributed by atoms with Crippen molar-refractivity contribution in [2.75, 3.05) is 18.1 Å². The summed E-state index contributed by atoms with van der Waals surface area (Å²) >= 11 is 13.0. The van der Waals surface area contributed by atoms with Crippen LogP contribution >= 0.6 is 35.6 Å². The Labute approximate surface area is 130 Å². The average Bonchev–Trinajstić information content (AvgIpc) is 2.42. The largest absolute Gasteiger partial charge is 0.389 e. The van der Waals surface area contributed by atoms with E-state index in [4.69, 9.17) is 29.6 Å². The van der Waals surface area contributed by atoms with Crippen molar-refractivity contribution >= 4 is 46.3 Å². The van der Waals surface area contributed by atoms with E-state index < -0.39 is 0 Å². The van der Waals surface area contributed by atoms with E-state index in [-0.39, 0.29) is 4.75 Å². The summed E-state index contributed by atoms with van der Waals surface area (Å²) in [6.07, 6.45) is 4.40. The predicted octanol–water partition coefficient (Wildman–Crippen LogP) is 4.31. The monoisotopic (exact) mass is 316 g/mol. The lowest BCUT2D eigenvalue weighted by Gasteiger charge is -2.30. The fourth-order valence-electron chi connectivity index (χ4n) is 1.99. The van der Waals surface area contributed by atoms with Crippen LogP contribution in [0.5, 0.6) is 0 Å². The first-order chi connectivity index (χ1) is 8.98. The number of hydrogen-bond donors (Lipinski definition) is 2. The van der Waals surface area contributed by atoms with E-state index in [0.29, 0.717) is 10.0 Å². The minimum Gasteiger partial charge on any atom is -0.389 e. The van der Waals surface area contributed by atoms with Crippen molar-refractivity contribution < 1.29 is 0 Å². The van der Waals surface area contributed by atoms with E-state index in [9.17, 15) is 0 Å². The topological polar surface area (TPSA) is 38.0 Å². The zero-order valence-electron chi connectivity index (χ0n) is 11.6. The van der Waals surface area contributed by atoms with Crippen LogP contribution in [-0.2, 0) is 0 Å². The van der Waals surface area contributed by atoms with Gasteiger partial charge in [-0.05, 0) is 37.3 Å². The van der Waals surface area contributed by atoms with Crippen molar-refractivity contribution in [3.63, 3.8) is 0 Å². The molecule has 1 rings (SSSR count). The predicted molar refractivity (Wildman–Crippen MR) is 92.7 cm³/mol. The Balaban J connectivity index is 2.91. The van der Waals surface area contributed by atoms with Crippen LogP contribution in [0.25, 0.3) is 0 Å². The third-order valence-electron chi connectivity index (χ3n) is 3.57. The highest BCUT2D eigenvalue weighted by Crippen LogP contribution is 2.31. The Morgan fingerprint density at radius 1 is 1.42 bits per heavy atom. The van der Waals surface area contributed by atoms with E-state index in [1.165, 1.54) is 0 Å². The lowest BCUT2D eigenvalue weighted by atomic mass is 10.0. The zero-order chi connectivity index (χ0) is 14.5. The number of nitrogens with two attached hydrogens (primary N) is 1. The van der Waals surface area contributed by atoms with Crippen molar-refractivity contribution in [2.45, 2.75) is 31.4 Å². The molecule has 3 N–H and O–H groups in total. The zero-order valence-corrected chi connectivity index (χ0v) is 14.0. The molecule has 0 heterocycles. The molecule has 0 spiro atoms. The molecule has 0 aliphatic rings. The van der Waals surface area contributed by atoms with Crippen molar-refractivity contribution in [2.24, 2.45) is 5.73 Å². The first-order valence-corrected chi connectivity index (χ1v) is 8.37. The molecular weight excluding hydrogens is 296 g/mol. The van der Waals surface area contributed by atoms with Crippen molar-refractivity contribution in [3.8, 4) is 0 Å². The number of thiocarbonyl (C=S) groups is 1. The highest BCUT2D eigenvalue weighted by Gasteiger charge is 2.24. The van der Waals surface area contributed by atoms with Crippen LogP contribution in [0, 0.1) is 0 Å². The van der Waals surface area contributed by atoms with E-state index >= 15 is 0 Å². The van der Waals surface area contributed by atoms with E-state index in [2.05, 4.69) is 25.4 Å². The Morgan fingerprint density at radius 2 is 2.05 bits per heavy atom. The highest BCUT2D eigenvalue weighted by atomic mass is 35.5. The standard InChI is InChI=1S/C14H21ClN2S2/c1-4-14(5-2,19-3)9-17-12-7-6-10(15)8-11(12)13(16)18/h6-8,17H,4-5,9H2,1-3H3,(H2,16,18). The second kappa shape index (κ2) is 7.36. The Bertz CT molecular complexity index is 437. The van der Waals surface area contributed by atoms with Crippen LogP contribution < -0.4 is 11.1 Å². The SMILES string of the molecule is CCC(CC)(CNc1ccc(Cl)cc1C(N)=S)SC. The third kappa shape index (κ3) is 4.26. The molecule has 106 valence electrons. The average molecular weight is 317 g/mol. The van der Waals surface area contributed by atoms with Gasteiger partial charge in [0.25, 0.3) is 0 Å². The molecule has 0 unspecified atom stereocenters. The molecule has 19 heavy (non-hydrogen) atoms. The Kier molecular flexibility index (Phi) is 6.43. The molecule has 0 fully saturated rings. The summed E-state index contributed by atoms with van der Waals surface area (Å²) in [7, 11) is 0. The molecule has 2 nitrogen and oxygen atoms in total. The van der Waals surface area contributed by atoms with E-state index in [1.807, 2.05) is 30.0 Å². The summed E-state index contributed by atoms with van der Waals surface area (Å²) < 4.78 is 0.243. The molecule has 0 atom stereocenters. The Hall–Kier alpha value is -0.450. The Morgan fingerprint density at radius 3 is 2.53 bits per heavy atom. The maximum Gasteiger partial charge on any atom is 0.106 e.